The molecule has 0 saturated heterocycles. The molecule has 2 aromatic rings. The Bertz CT molecular complexity index is 539. The summed E-state index contributed by atoms with van der Waals surface area (Å²) in [5.41, 5.74) is 2.19. The van der Waals surface area contributed by atoms with Crippen molar-refractivity contribution in [3.63, 3.8) is 0 Å². The number of ether oxygens (including phenoxy) is 1. The zero-order valence-electron chi connectivity index (χ0n) is 9.68. The summed E-state index contributed by atoms with van der Waals surface area (Å²) in [5, 5.41) is 0. The summed E-state index contributed by atoms with van der Waals surface area (Å²) in [6.45, 7) is 1.92. The minimum Gasteiger partial charge on any atom is -0.496 e. The molecule has 4 nitrogen and oxygen atoms in total. The SMILES string of the molecule is COc1cc(C=O)c(-c2ncccn2)cc1C. The zero-order valence-corrected chi connectivity index (χ0v) is 9.68. The summed E-state index contributed by atoms with van der Waals surface area (Å²) in [6.07, 6.45) is 4.08. The highest BCUT2D eigenvalue weighted by Gasteiger charge is 2.10. The molecule has 0 unspecified atom stereocenters. The molecule has 0 fully saturated rings. The molecular weight excluding hydrogens is 216 g/mol. The number of hydrogen-bond acceptors (Lipinski definition) is 4. The van der Waals surface area contributed by atoms with Crippen LogP contribution in [-0.2, 0) is 0 Å². The molecule has 0 radical (unpaired) electrons. The molecule has 0 aliphatic carbocycles. The van der Waals surface area contributed by atoms with E-state index in [9.17, 15) is 4.79 Å². The average molecular weight is 228 g/mol. The van der Waals surface area contributed by atoms with E-state index in [1.54, 1.807) is 31.6 Å². The Morgan fingerprint density at radius 3 is 2.53 bits per heavy atom. The third kappa shape index (κ3) is 2.15. The standard InChI is InChI=1S/C13H12N2O2/c1-9-6-11(13-14-4-3-5-15-13)10(8-16)7-12(9)17-2/h3-8H,1-2H3. The van der Waals surface area contributed by atoms with Crippen molar-refractivity contribution in [3.05, 3.63) is 41.7 Å². The lowest BCUT2D eigenvalue weighted by molar-refractivity contribution is 0.112. The fourth-order valence-electron chi connectivity index (χ4n) is 1.65. The van der Waals surface area contributed by atoms with E-state index in [1.807, 2.05) is 13.0 Å². The molecule has 86 valence electrons. The van der Waals surface area contributed by atoms with E-state index in [-0.39, 0.29) is 0 Å². The van der Waals surface area contributed by atoms with Crippen LogP contribution in [0.1, 0.15) is 15.9 Å². The maximum atomic E-state index is 11.1. The Hall–Kier alpha value is -2.23. The van der Waals surface area contributed by atoms with E-state index in [0.717, 1.165) is 17.4 Å². The van der Waals surface area contributed by atoms with Crippen LogP contribution >= 0.6 is 0 Å². The van der Waals surface area contributed by atoms with E-state index in [1.165, 1.54) is 0 Å². The molecule has 2 rings (SSSR count). The van der Waals surface area contributed by atoms with E-state index >= 15 is 0 Å². The molecule has 1 aromatic carbocycles. The first-order chi connectivity index (χ1) is 8.26. The normalized spacial score (nSPS) is 10.0. The third-order valence-electron chi connectivity index (χ3n) is 2.50. The number of carbonyl (C=O) groups is 1. The van der Waals surface area contributed by atoms with Crippen LogP contribution in [0.3, 0.4) is 0 Å². The number of aldehydes is 1. The van der Waals surface area contributed by atoms with Crippen molar-refractivity contribution in [2.45, 2.75) is 6.92 Å². The van der Waals surface area contributed by atoms with Gasteiger partial charge >= 0.3 is 0 Å². The van der Waals surface area contributed by atoms with Crippen LogP contribution in [0.2, 0.25) is 0 Å². The van der Waals surface area contributed by atoms with Crippen molar-refractivity contribution >= 4 is 6.29 Å². The molecule has 0 spiro atoms. The Morgan fingerprint density at radius 1 is 1.24 bits per heavy atom. The van der Waals surface area contributed by atoms with E-state index in [4.69, 9.17) is 4.74 Å². The highest BCUT2D eigenvalue weighted by molar-refractivity contribution is 5.87. The summed E-state index contributed by atoms with van der Waals surface area (Å²) >= 11 is 0. The Morgan fingerprint density at radius 2 is 1.94 bits per heavy atom. The fraction of sp³-hybridized carbons (Fsp3) is 0.154. The van der Waals surface area contributed by atoms with Gasteiger partial charge in [-0.1, -0.05) is 0 Å². The van der Waals surface area contributed by atoms with Crippen LogP contribution < -0.4 is 4.74 Å². The van der Waals surface area contributed by atoms with Gasteiger partial charge in [0.15, 0.2) is 12.1 Å². The van der Waals surface area contributed by atoms with Crippen molar-refractivity contribution in [2.75, 3.05) is 7.11 Å². The number of rotatable bonds is 3. The first kappa shape index (κ1) is 11.3. The van der Waals surface area contributed by atoms with Crippen LogP contribution in [0.25, 0.3) is 11.4 Å². The second-order valence-corrected chi connectivity index (χ2v) is 3.60. The van der Waals surface area contributed by atoms with Gasteiger partial charge in [0.05, 0.1) is 7.11 Å². The maximum Gasteiger partial charge on any atom is 0.159 e. The molecule has 0 bridgehead atoms. The number of benzene rings is 1. The van der Waals surface area contributed by atoms with Gasteiger partial charge in [0.1, 0.15) is 5.75 Å². The molecule has 0 aliphatic heterocycles. The molecule has 4 heteroatoms. The summed E-state index contributed by atoms with van der Waals surface area (Å²) in [6, 6.07) is 5.30. The lowest BCUT2D eigenvalue weighted by atomic mass is 10.0. The second kappa shape index (κ2) is 4.74. The number of hydrogen-bond donors (Lipinski definition) is 0. The van der Waals surface area contributed by atoms with Crippen LogP contribution in [0.4, 0.5) is 0 Å². The first-order valence-corrected chi connectivity index (χ1v) is 5.17. The molecule has 0 amide bonds. The third-order valence-corrected chi connectivity index (χ3v) is 2.50. The number of carbonyl (C=O) groups excluding carboxylic acids is 1. The largest absolute Gasteiger partial charge is 0.496 e. The van der Waals surface area contributed by atoms with Gasteiger partial charge in [-0.25, -0.2) is 9.97 Å². The Balaban J connectivity index is 2.62. The summed E-state index contributed by atoms with van der Waals surface area (Å²) in [4.78, 5) is 19.4. The maximum absolute atomic E-state index is 11.1. The van der Waals surface area contributed by atoms with Gasteiger partial charge in [-0.2, -0.15) is 0 Å². The van der Waals surface area contributed by atoms with Crippen LogP contribution in [0.5, 0.6) is 5.75 Å². The smallest absolute Gasteiger partial charge is 0.159 e. The molecule has 1 aromatic heterocycles. The van der Waals surface area contributed by atoms with Crippen LogP contribution in [0, 0.1) is 6.92 Å². The van der Waals surface area contributed by atoms with Crippen molar-refractivity contribution in [3.8, 4) is 17.1 Å². The van der Waals surface area contributed by atoms with Gasteiger partial charge in [0.2, 0.25) is 0 Å². The number of nitrogens with zero attached hydrogens (tertiary/aromatic N) is 2. The highest BCUT2D eigenvalue weighted by atomic mass is 16.5. The number of aryl methyl sites for hydroxylation is 1. The Labute approximate surface area is 99.3 Å². The quantitative estimate of drug-likeness (QED) is 0.756. The fourth-order valence-corrected chi connectivity index (χ4v) is 1.65. The van der Waals surface area contributed by atoms with Gasteiger partial charge in [0, 0.05) is 23.5 Å². The van der Waals surface area contributed by atoms with Crippen LogP contribution in [-0.4, -0.2) is 23.4 Å². The van der Waals surface area contributed by atoms with Gasteiger partial charge in [-0.05, 0) is 30.7 Å². The monoisotopic (exact) mass is 228 g/mol. The number of methoxy groups -OCH3 is 1. The van der Waals surface area contributed by atoms with Crippen LogP contribution in [0.15, 0.2) is 30.6 Å². The minimum absolute atomic E-state index is 0.527. The summed E-state index contributed by atoms with van der Waals surface area (Å²) in [7, 11) is 1.58. The molecule has 0 aliphatic rings. The first-order valence-electron chi connectivity index (χ1n) is 5.17. The molecular formula is C13H12N2O2. The summed E-state index contributed by atoms with van der Waals surface area (Å²) in [5.74, 6) is 1.23. The predicted molar refractivity (Wildman–Crippen MR) is 64.1 cm³/mol. The van der Waals surface area contributed by atoms with Crippen molar-refractivity contribution in [1.82, 2.24) is 9.97 Å². The zero-order chi connectivity index (χ0) is 12.3. The second-order valence-electron chi connectivity index (χ2n) is 3.60. The van der Waals surface area contributed by atoms with Crippen molar-refractivity contribution in [2.24, 2.45) is 0 Å². The lowest BCUT2D eigenvalue weighted by Gasteiger charge is -2.09. The lowest BCUT2D eigenvalue weighted by Crippen LogP contribution is -1.96. The average Bonchev–Trinajstić information content (AvgIpc) is 2.39. The number of aromatic nitrogens is 2. The van der Waals surface area contributed by atoms with E-state index < -0.39 is 0 Å². The summed E-state index contributed by atoms with van der Waals surface area (Å²) < 4.78 is 5.18. The van der Waals surface area contributed by atoms with E-state index in [0.29, 0.717) is 17.1 Å². The van der Waals surface area contributed by atoms with Gasteiger partial charge in [0.25, 0.3) is 0 Å². The van der Waals surface area contributed by atoms with Crippen molar-refractivity contribution in [1.29, 1.82) is 0 Å². The van der Waals surface area contributed by atoms with Crippen molar-refractivity contribution < 1.29 is 9.53 Å². The molecule has 0 saturated carbocycles. The molecule has 0 N–H and O–H groups in total. The van der Waals surface area contributed by atoms with Gasteiger partial charge in [-0.15, -0.1) is 0 Å². The Kier molecular flexibility index (Phi) is 3.14. The van der Waals surface area contributed by atoms with Gasteiger partial charge in [-0.3, -0.25) is 4.79 Å². The molecule has 17 heavy (non-hydrogen) atoms. The topological polar surface area (TPSA) is 52.1 Å². The molecule has 0 atom stereocenters. The predicted octanol–water partition coefficient (Wildman–Crippen LogP) is 2.27. The van der Waals surface area contributed by atoms with Gasteiger partial charge < -0.3 is 4.74 Å². The minimum atomic E-state index is 0.527. The van der Waals surface area contributed by atoms with E-state index in [2.05, 4.69) is 9.97 Å². The highest BCUT2D eigenvalue weighted by Crippen LogP contribution is 2.27. The molecule has 1 heterocycles.